The molecule has 0 spiro atoms. The smallest absolute Gasteiger partial charge is 0.235 e. The van der Waals surface area contributed by atoms with Crippen molar-refractivity contribution in [1.82, 2.24) is 14.8 Å². The summed E-state index contributed by atoms with van der Waals surface area (Å²) in [4.78, 5) is 17.3. The second kappa shape index (κ2) is 7.71. The Morgan fingerprint density at radius 2 is 2.06 bits per heavy atom. The van der Waals surface area contributed by atoms with Crippen molar-refractivity contribution in [3.63, 3.8) is 0 Å². The quantitative estimate of drug-likeness (QED) is 0.514. The Morgan fingerprint density at radius 1 is 1.32 bits per heavy atom. The Morgan fingerprint density at radius 3 is 2.71 bits per heavy atom. The maximum Gasteiger partial charge on any atom is 0.235 e. The zero-order valence-electron chi connectivity index (χ0n) is 17.6. The van der Waals surface area contributed by atoms with Crippen molar-refractivity contribution in [3.05, 3.63) is 42.1 Å². The zero-order valence-corrected chi connectivity index (χ0v) is 18.4. The number of aryl methyl sites for hydroxylation is 1. The number of sulfone groups is 1. The molecule has 1 unspecified atom stereocenters. The van der Waals surface area contributed by atoms with E-state index in [0.717, 1.165) is 5.56 Å². The van der Waals surface area contributed by atoms with E-state index in [2.05, 4.69) is 10.1 Å². The molecule has 3 heterocycles. The van der Waals surface area contributed by atoms with Gasteiger partial charge in [-0.1, -0.05) is 19.1 Å². The van der Waals surface area contributed by atoms with E-state index in [-0.39, 0.29) is 23.7 Å². The zero-order chi connectivity index (χ0) is 22.4. The van der Waals surface area contributed by atoms with Crippen LogP contribution >= 0.6 is 0 Å². The number of rotatable bonds is 7. The number of carbonyl (C=O) groups excluding carboxylic acids is 1. The van der Waals surface area contributed by atoms with E-state index in [0.29, 0.717) is 34.6 Å². The number of ether oxygens (including phenoxy) is 1. The van der Waals surface area contributed by atoms with Crippen molar-refractivity contribution >= 4 is 26.7 Å². The van der Waals surface area contributed by atoms with Gasteiger partial charge in [0.15, 0.2) is 15.6 Å². The Balaban J connectivity index is 1.68. The lowest BCUT2D eigenvalue weighted by molar-refractivity contribution is 0.0860. The van der Waals surface area contributed by atoms with Gasteiger partial charge in [-0.3, -0.25) is 14.5 Å². The molecular weight excluding hydrogens is 421 g/mol. The van der Waals surface area contributed by atoms with Crippen LogP contribution in [0.3, 0.4) is 0 Å². The number of carbonyl (C=O) groups is 1. The Bertz CT molecular complexity index is 1250. The fourth-order valence-electron chi connectivity index (χ4n) is 4.16. The minimum atomic E-state index is -3.02. The average molecular weight is 446 g/mol. The van der Waals surface area contributed by atoms with Crippen molar-refractivity contribution in [1.29, 1.82) is 0 Å². The topological polar surface area (TPSA) is 91.2 Å². The number of halogens is 1. The highest BCUT2D eigenvalue weighted by molar-refractivity contribution is 7.92. The monoisotopic (exact) mass is 445 g/mol. The Hall–Kier alpha value is -2.81. The normalized spacial score (nSPS) is 17.8. The highest BCUT2D eigenvalue weighted by atomic mass is 32.2. The standard InChI is InChI=1S/C22H24FN3O4S/c1-4-26-18-9-16(19(27)10-22(3)12-31(28,29)13-22)11-24-21(18)20(25-26)15-6-5-7-17(8-15)30-14(2)23/h5-9,11,14H,4,10,12-13H2,1-3H3. The van der Waals surface area contributed by atoms with Crippen LogP contribution < -0.4 is 4.74 Å². The van der Waals surface area contributed by atoms with Crippen molar-refractivity contribution in [2.45, 2.75) is 40.1 Å². The summed E-state index contributed by atoms with van der Waals surface area (Å²) in [7, 11) is -3.02. The first kappa shape index (κ1) is 21.4. The maximum absolute atomic E-state index is 13.2. The molecule has 0 saturated carbocycles. The molecule has 0 amide bonds. The van der Waals surface area contributed by atoms with Crippen molar-refractivity contribution in [2.75, 3.05) is 11.5 Å². The first-order valence-corrected chi connectivity index (χ1v) is 11.9. The molecular formula is C22H24FN3O4S. The second-order valence-corrected chi connectivity index (χ2v) is 10.5. The summed E-state index contributed by atoms with van der Waals surface area (Å²) in [5, 5.41) is 4.63. The molecule has 7 nitrogen and oxygen atoms in total. The molecule has 164 valence electrons. The molecule has 0 aliphatic carbocycles. The van der Waals surface area contributed by atoms with Crippen LogP contribution in [-0.4, -0.2) is 46.8 Å². The van der Waals surface area contributed by atoms with Crippen molar-refractivity contribution in [3.8, 4) is 17.0 Å². The van der Waals surface area contributed by atoms with E-state index < -0.39 is 21.6 Å². The molecule has 0 radical (unpaired) electrons. The van der Waals surface area contributed by atoms with Crippen molar-refractivity contribution in [2.24, 2.45) is 5.41 Å². The number of aromatic nitrogens is 3. The Labute approximate surface area is 180 Å². The molecule has 1 atom stereocenters. The highest BCUT2D eigenvalue weighted by Gasteiger charge is 2.45. The van der Waals surface area contributed by atoms with Gasteiger partial charge in [0.2, 0.25) is 6.36 Å². The first-order valence-electron chi connectivity index (χ1n) is 10.1. The lowest BCUT2D eigenvalue weighted by Crippen LogP contribution is -2.47. The fourth-order valence-corrected chi connectivity index (χ4v) is 6.40. The van der Waals surface area contributed by atoms with E-state index in [1.54, 1.807) is 28.9 Å². The predicted molar refractivity (Wildman–Crippen MR) is 116 cm³/mol. The molecule has 9 heteroatoms. The predicted octanol–water partition coefficient (Wildman–Crippen LogP) is 3.82. The molecule has 4 rings (SSSR count). The fraction of sp³-hybridized carbons (Fsp3) is 0.409. The molecule has 1 fully saturated rings. The molecule has 0 bridgehead atoms. The van der Waals surface area contributed by atoms with Gasteiger partial charge in [-0.15, -0.1) is 0 Å². The van der Waals surface area contributed by atoms with Gasteiger partial charge in [0, 0.05) is 42.6 Å². The van der Waals surface area contributed by atoms with E-state index in [9.17, 15) is 17.6 Å². The van der Waals surface area contributed by atoms with Gasteiger partial charge in [-0.2, -0.15) is 5.10 Å². The molecule has 1 aromatic carbocycles. The molecule has 2 aromatic heterocycles. The van der Waals surface area contributed by atoms with Gasteiger partial charge in [-0.25, -0.2) is 12.8 Å². The van der Waals surface area contributed by atoms with Gasteiger partial charge in [0.25, 0.3) is 0 Å². The number of hydrogen-bond acceptors (Lipinski definition) is 6. The van der Waals surface area contributed by atoms with E-state index in [1.165, 1.54) is 13.1 Å². The number of Topliss-reactive ketones (excluding diaryl/α,β-unsaturated/α-hetero) is 1. The lowest BCUT2D eigenvalue weighted by Gasteiger charge is -2.37. The number of hydrogen-bond donors (Lipinski definition) is 0. The summed E-state index contributed by atoms with van der Waals surface area (Å²) in [6.45, 7) is 5.64. The summed E-state index contributed by atoms with van der Waals surface area (Å²) < 4.78 is 43.2. The number of pyridine rings is 1. The highest BCUT2D eigenvalue weighted by Crippen LogP contribution is 2.37. The summed E-state index contributed by atoms with van der Waals surface area (Å²) >= 11 is 0. The minimum absolute atomic E-state index is 0.0361. The van der Waals surface area contributed by atoms with Crippen LogP contribution in [0, 0.1) is 5.41 Å². The lowest BCUT2D eigenvalue weighted by atomic mass is 9.86. The molecule has 1 saturated heterocycles. The number of benzene rings is 1. The maximum atomic E-state index is 13.2. The number of nitrogens with zero attached hydrogens (tertiary/aromatic N) is 3. The third kappa shape index (κ3) is 4.32. The van der Waals surface area contributed by atoms with E-state index >= 15 is 0 Å². The van der Waals surface area contributed by atoms with Crippen LogP contribution in [0.25, 0.3) is 22.3 Å². The molecule has 31 heavy (non-hydrogen) atoms. The van der Waals surface area contributed by atoms with Gasteiger partial charge >= 0.3 is 0 Å². The van der Waals surface area contributed by atoms with Crippen LogP contribution in [0.2, 0.25) is 0 Å². The molecule has 3 aromatic rings. The van der Waals surface area contributed by atoms with Gasteiger partial charge < -0.3 is 4.74 Å². The summed E-state index contributed by atoms with van der Waals surface area (Å²) in [5.41, 5.74) is 2.59. The summed E-state index contributed by atoms with van der Waals surface area (Å²) in [5.74, 6) is 0.328. The molecule has 1 aliphatic rings. The van der Waals surface area contributed by atoms with Crippen LogP contribution in [0.5, 0.6) is 5.75 Å². The van der Waals surface area contributed by atoms with Crippen LogP contribution in [0.1, 0.15) is 37.6 Å². The van der Waals surface area contributed by atoms with Crippen molar-refractivity contribution < 1.29 is 22.3 Å². The average Bonchev–Trinajstić information content (AvgIpc) is 3.03. The van der Waals surface area contributed by atoms with E-state index in [4.69, 9.17) is 4.74 Å². The summed E-state index contributed by atoms with van der Waals surface area (Å²) in [6, 6.07) is 8.73. The molecule has 0 N–H and O–H groups in total. The SMILES string of the molecule is CCn1nc(-c2cccc(OC(C)F)c2)c2ncc(C(=O)CC3(C)CS(=O)(=O)C3)cc21. The summed E-state index contributed by atoms with van der Waals surface area (Å²) in [6.07, 6.45) is 0.239. The third-order valence-electron chi connectivity index (χ3n) is 5.34. The number of fused-ring (bicyclic) bond motifs is 1. The van der Waals surface area contributed by atoms with Crippen LogP contribution in [0.15, 0.2) is 36.5 Å². The van der Waals surface area contributed by atoms with Gasteiger partial charge in [0.1, 0.15) is 17.0 Å². The van der Waals surface area contributed by atoms with Crippen LogP contribution in [-0.2, 0) is 16.4 Å². The number of ketones is 1. The second-order valence-electron chi connectivity index (χ2n) is 8.39. The first-order chi connectivity index (χ1) is 14.6. The largest absolute Gasteiger partial charge is 0.461 e. The van der Waals surface area contributed by atoms with Crippen LogP contribution in [0.4, 0.5) is 4.39 Å². The number of alkyl halides is 1. The third-order valence-corrected chi connectivity index (χ3v) is 7.62. The minimum Gasteiger partial charge on any atom is -0.461 e. The molecule has 1 aliphatic heterocycles. The Kier molecular flexibility index (Phi) is 5.33. The van der Waals surface area contributed by atoms with E-state index in [1.807, 2.05) is 19.9 Å². The van der Waals surface area contributed by atoms with Gasteiger partial charge in [0.05, 0.1) is 17.0 Å². The van der Waals surface area contributed by atoms with Gasteiger partial charge in [-0.05, 0) is 25.1 Å².